The van der Waals surface area contributed by atoms with Crippen LogP contribution in [0.5, 0.6) is 0 Å². The predicted octanol–water partition coefficient (Wildman–Crippen LogP) is 0.121. The average Bonchev–Trinajstić information content (AvgIpc) is 2.16. The van der Waals surface area contributed by atoms with Gasteiger partial charge in [0.25, 0.3) is 0 Å². The smallest absolute Gasteiger partial charge is 0.324 e. The zero-order chi connectivity index (χ0) is 11.6. The molecule has 1 aliphatic heterocycles. The Morgan fingerprint density at radius 3 is 2.62 bits per heavy atom. The third-order valence-corrected chi connectivity index (χ3v) is 2.45. The minimum absolute atomic E-state index is 0.0962. The van der Waals surface area contributed by atoms with Gasteiger partial charge < -0.3 is 15.2 Å². The summed E-state index contributed by atoms with van der Waals surface area (Å²) >= 11 is 0. The molecule has 84 valence electrons. The Labute approximate surface area is 91.3 Å². The summed E-state index contributed by atoms with van der Waals surface area (Å²) in [7, 11) is 0. The molecule has 2 rings (SSSR count). The number of nitrogens with zero attached hydrogens (tertiary/aromatic N) is 1. The van der Waals surface area contributed by atoms with Crippen LogP contribution in [-0.4, -0.2) is 35.2 Å². The molecule has 0 unspecified atom stereocenters. The highest BCUT2D eigenvalue weighted by atomic mass is 16.5. The lowest BCUT2D eigenvalue weighted by atomic mass is 9.85. The maximum Gasteiger partial charge on any atom is 0.324 e. The number of carbonyl (C=O) groups excluding carboxylic acids is 1. The number of carbonyl (C=O) groups is 2. The van der Waals surface area contributed by atoms with E-state index in [1.54, 1.807) is 18.2 Å². The van der Waals surface area contributed by atoms with Crippen LogP contribution in [0.15, 0.2) is 24.4 Å². The Bertz CT molecular complexity index is 414. The van der Waals surface area contributed by atoms with Crippen LogP contribution >= 0.6 is 0 Å². The third-order valence-electron chi connectivity index (χ3n) is 2.45. The number of ether oxygens (including phenoxy) is 1. The summed E-state index contributed by atoms with van der Waals surface area (Å²) in [6.45, 7) is -0.192. The lowest BCUT2D eigenvalue weighted by molar-refractivity contribution is -0.182. The quantitative estimate of drug-likeness (QED) is 0.709. The summed E-state index contributed by atoms with van der Waals surface area (Å²) in [6, 6.07) is 5.00. The van der Waals surface area contributed by atoms with E-state index in [0.717, 1.165) is 0 Å². The first-order chi connectivity index (χ1) is 7.65. The number of nitrogens with one attached hydrogen (secondary N) is 1. The molecule has 1 aliphatic rings. The molecule has 0 radical (unpaired) electrons. The van der Waals surface area contributed by atoms with Crippen molar-refractivity contribution in [1.29, 1.82) is 0 Å². The Hall–Kier alpha value is -1.95. The summed E-state index contributed by atoms with van der Waals surface area (Å²) in [5.41, 5.74) is -1.46. The molecule has 1 amide bonds. The highest BCUT2D eigenvalue weighted by molar-refractivity contribution is 6.09. The van der Waals surface area contributed by atoms with Gasteiger partial charge in [0.1, 0.15) is 5.82 Å². The lowest BCUT2D eigenvalue weighted by Gasteiger charge is -2.35. The van der Waals surface area contributed by atoms with E-state index in [1.165, 1.54) is 6.20 Å². The Morgan fingerprint density at radius 1 is 1.44 bits per heavy atom. The van der Waals surface area contributed by atoms with Gasteiger partial charge in [-0.05, 0) is 12.1 Å². The molecule has 1 aromatic rings. The maximum atomic E-state index is 11.7. The van der Waals surface area contributed by atoms with Gasteiger partial charge in [0.15, 0.2) is 5.41 Å². The fourth-order valence-electron chi connectivity index (χ4n) is 1.33. The molecule has 2 N–H and O–H groups in total. The van der Waals surface area contributed by atoms with Crippen LogP contribution in [-0.2, 0) is 14.3 Å². The predicted molar refractivity (Wildman–Crippen MR) is 53.8 cm³/mol. The van der Waals surface area contributed by atoms with Gasteiger partial charge in [-0.25, -0.2) is 4.98 Å². The van der Waals surface area contributed by atoms with Gasteiger partial charge in [-0.15, -0.1) is 0 Å². The van der Waals surface area contributed by atoms with E-state index < -0.39 is 17.3 Å². The molecule has 6 heteroatoms. The monoisotopic (exact) mass is 222 g/mol. The molecule has 0 spiro atoms. The van der Waals surface area contributed by atoms with E-state index in [4.69, 9.17) is 9.84 Å². The second kappa shape index (κ2) is 3.90. The first-order valence-electron chi connectivity index (χ1n) is 4.69. The number of hydrogen-bond donors (Lipinski definition) is 2. The van der Waals surface area contributed by atoms with Crippen LogP contribution in [0, 0.1) is 5.41 Å². The van der Waals surface area contributed by atoms with Crippen LogP contribution < -0.4 is 5.32 Å². The summed E-state index contributed by atoms with van der Waals surface area (Å²) in [6.07, 6.45) is 1.51. The third kappa shape index (κ3) is 1.63. The molecule has 0 saturated carbocycles. The van der Waals surface area contributed by atoms with Crippen LogP contribution in [0.1, 0.15) is 0 Å². The molecule has 1 saturated heterocycles. The van der Waals surface area contributed by atoms with Crippen molar-refractivity contribution in [3.8, 4) is 0 Å². The number of amides is 1. The van der Waals surface area contributed by atoms with Crippen LogP contribution in [0.25, 0.3) is 0 Å². The number of carboxylic acids is 1. The number of rotatable bonds is 3. The second-order valence-corrected chi connectivity index (χ2v) is 3.55. The summed E-state index contributed by atoms with van der Waals surface area (Å²) in [5.74, 6) is -1.43. The number of aromatic nitrogens is 1. The van der Waals surface area contributed by atoms with Crippen LogP contribution in [0.3, 0.4) is 0 Å². The van der Waals surface area contributed by atoms with E-state index >= 15 is 0 Å². The van der Waals surface area contributed by atoms with E-state index in [1.807, 2.05) is 0 Å². The van der Waals surface area contributed by atoms with Crippen molar-refractivity contribution in [2.24, 2.45) is 5.41 Å². The first kappa shape index (κ1) is 10.6. The second-order valence-electron chi connectivity index (χ2n) is 3.55. The van der Waals surface area contributed by atoms with Crippen molar-refractivity contribution in [2.45, 2.75) is 0 Å². The van der Waals surface area contributed by atoms with Crippen molar-refractivity contribution in [3.63, 3.8) is 0 Å². The van der Waals surface area contributed by atoms with Crippen molar-refractivity contribution in [2.75, 3.05) is 18.5 Å². The SMILES string of the molecule is O=C(O)C1(C(=O)Nc2ccccn2)COC1. The van der Waals surface area contributed by atoms with E-state index in [-0.39, 0.29) is 13.2 Å². The van der Waals surface area contributed by atoms with Crippen molar-refractivity contribution < 1.29 is 19.4 Å². The average molecular weight is 222 g/mol. The maximum absolute atomic E-state index is 11.7. The van der Waals surface area contributed by atoms with Gasteiger partial charge in [-0.2, -0.15) is 0 Å². The molecule has 0 aliphatic carbocycles. The minimum Gasteiger partial charge on any atom is -0.480 e. The highest BCUT2D eigenvalue weighted by Gasteiger charge is 2.53. The van der Waals surface area contributed by atoms with Gasteiger partial charge in [-0.3, -0.25) is 9.59 Å². The topological polar surface area (TPSA) is 88.5 Å². The van der Waals surface area contributed by atoms with Gasteiger partial charge in [0.05, 0.1) is 13.2 Å². The Balaban J connectivity index is 2.11. The minimum atomic E-state index is -1.46. The van der Waals surface area contributed by atoms with E-state index in [2.05, 4.69) is 10.3 Å². The lowest BCUT2D eigenvalue weighted by Crippen LogP contribution is -2.57. The molecule has 0 atom stereocenters. The summed E-state index contributed by atoms with van der Waals surface area (Å²) < 4.78 is 4.80. The molecule has 0 bridgehead atoms. The molecule has 1 fully saturated rings. The number of carboxylic acid groups (broad SMARTS) is 1. The fourth-order valence-corrected chi connectivity index (χ4v) is 1.33. The highest BCUT2D eigenvalue weighted by Crippen LogP contribution is 2.29. The zero-order valence-electron chi connectivity index (χ0n) is 8.34. The Morgan fingerprint density at radius 2 is 2.19 bits per heavy atom. The molecular formula is C10H10N2O4. The van der Waals surface area contributed by atoms with Crippen LogP contribution in [0.2, 0.25) is 0 Å². The van der Waals surface area contributed by atoms with E-state index in [0.29, 0.717) is 5.82 Å². The molecule has 1 aromatic heterocycles. The first-order valence-corrected chi connectivity index (χ1v) is 4.69. The largest absolute Gasteiger partial charge is 0.480 e. The van der Waals surface area contributed by atoms with Gasteiger partial charge >= 0.3 is 5.97 Å². The molecule has 0 aromatic carbocycles. The van der Waals surface area contributed by atoms with Crippen molar-refractivity contribution >= 4 is 17.7 Å². The number of aliphatic carboxylic acids is 1. The number of hydrogen-bond acceptors (Lipinski definition) is 4. The normalized spacial score (nSPS) is 17.2. The van der Waals surface area contributed by atoms with Crippen LogP contribution in [0.4, 0.5) is 5.82 Å². The standard InChI is InChI=1S/C10H10N2O4/c13-8(10(9(14)15)5-16-6-10)12-7-3-1-2-4-11-7/h1-4H,5-6H2,(H,14,15)(H,11,12,13). The van der Waals surface area contributed by atoms with Gasteiger partial charge in [0, 0.05) is 6.20 Å². The Kier molecular flexibility index (Phi) is 2.57. The summed E-state index contributed by atoms with van der Waals surface area (Å²) in [4.78, 5) is 26.6. The number of pyridine rings is 1. The van der Waals surface area contributed by atoms with Crippen molar-refractivity contribution in [1.82, 2.24) is 4.98 Å². The molecule has 6 nitrogen and oxygen atoms in total. The summed E-state index contributed by atoms with van der Waals surface area (Å²) in [5, 5.41) is 11.4. The number of anilines is 1. The van der Waals surface area contributed by atoms with Gasteiger partial charge in [0.2, 0.25) is 5.91 Å². The molecular weight excluding hydrogens is 212 g/mol. The fraction of sp³-hybridized carbons (Fsp3) is 0.300. The molecule has 2 heterocycles. The van der Waals surface area contributed by atoms with Gasteiger partial charge in [-0.1, -0.05) is 6.07 Å². The van der Waals surface area contributed by atoms with Crippen molar-refractivity contribution in [3.05, 3.63) is 24.4 Å². The molecule has 16 heavy (non-hydrogen) atoms. The van der Waals surface area contributed by atoms with E-state index in [9.17, 15) is 9.59 Å². The zero-order valence-corrected chi connectivity index (χ0v) is 8.34.